The molecular weight excluding hydrogens is 258 g/mol. The van der Waals surface area contributed by atoms with E-state index in [1.807, 2.05) is 0 Å². The lowest BCUT2D eigenvalue weighted by Crippen LogP contribution is -2.46. The van der Waals surface area contributed by atoms with Crippen molar-refractivity contribution in [1.29, 1.82) is 0 Å². The molecule has 2 nitrogen and oxygen atoms in total. The Labute approximate surface area is 128 Å². The smallest absolute Gasteiger partial charge is 0.0843 e. The van der Waals surface area contributed by atoms with Gasteiger partial charge < -0.3 is 5.11 Å². The van der Waals surface area contributed by atoms with E-state index in [4.69, 9.17) is 0 Å². The molecule has 3 atom stereocenters. The molecule has 2 aliphatic carbocycles. The molecule has 1 heterocycles. The Morgan fingerprint density at radius 3 is 2.52 bits per heavy atom. The van der Waals surface area contributed by atoms with Gasteiger partial charge in [-0.15, -0.1) is 0 Å². The Kier molecular flexibility index (Phi) is 3.55. The SMILES string of the molecule is OC1([C@@H](c2ccccc2)N2CC[C@H]3CCC[C@H]32)CCCC1. The topological polar surface area (TPSA) is 23.5 Å². The second-order valence-electron chi connectivity index (χ2n) is 7.41. The van der Waals surface area contributed by atoms with Gasteiger partial charge in [0.05, 0.1) is 11.6 Å². The highest BCUT2D eigenvalue weighted by Gasteiger charge is 2.49. The molecule has 1 aromatic carbocycles. The van der Waals surface area contributed by atoms with Crippen LogP contribution in [0.5, 0.6) is 0 Å². The fourth-order valence-electron chi connectivity index (χ4n) is 5.30. The van der Waals surface area contributed by atoms with E-state index in [9.17, 15) is 5.11 Å². The summed E-state index contributed by atoms with van der Waals surface area (Å²) in [4.78, 5) is 2.68. The summed E-state index contributed by atoms with van der Waals surface area (Å²) in [7, 11) is 0. The standard InChI is InChI=1S/C19H27NO/c21-19(12-4-5-13-19)18(16-7-2-1-3-8-16)20-14-11-15-9-6-10-17(15)20/h1-3,7-8,15,17-18,21H,4-6,9-14H2/t15-,17-,18-/m1/s1. The molecule has 1 aromatic rings. The Bertz CT molecular complexity index is 480. The highest BCUT2D eigenvalue weighted by atomic mass is 16.3. The first kappa shape index (κ1) is 13.8. The molecule has 0 radical (unpaired) electrons. The summed E-state index contributed by atoms with van der Waals surface area (Å²) in [6.07, 6.45) is 9.77. The molecular formula is C19H27NO. The van der Waals surface area contributed by atoms with Gasteiger partial charge in [0.25, 0.3) is 0 Å². The minimum atomic E-state index is -0.501. The van der Waals surface area contributed by atoms with Gasteiger partial charge in [0.2, 0.25) is 0 Å². The Morgan fingerprint density at radius 1 is 1.00 bits per heavy atom. The summed E-state index contributed by atoms with van der Waals surface area (Å²) < 4.78 is 0. The van der Waals surface area contributed by atoms with Crippen LogP contribution >= 0.6 is 0 Å². The van der Waals surface area contributed by atoms with Crippen molar-refractivity contribution in [1.82, 2.24) is 4.90 Å². The molecule has 3 aliphatic rings. The third-order valence-electron chi connectivity index (χ3n) is 6.23. The van der Waals surface area contributed by atoms with Gasteiger partial charge >= 0.3 is 0 Å². The Balaban J connectivity index is 1.70. The zero-order valence-corrected chi connectivity index (χ0v) is 12.9. The molecule has 1 N–H and O–H groups in total. The molecule has 114 valence electrons. The first-order valence-electron chi connectivity index (χ1n) is 8.81. The van der Waals surface area contributed by atoms with E-state index in [0.29, 0.717) is 0 Å². The third-order valence-corrected chi connectivity index (χ3v) is 6.23. The normalized spacial score (nSPS) is 33.2. The van der Waals surface area contributed by atoms with Crippen LogP contribution in [0, 0.1) is 5.92 Å². The monoisotopic (exact) mass is 285 g/mol. The molecule has 4 rings (SSSR count). The van der Waals surface area contributed by atoms with Crippen molar-refractivity contribution in [2.75, 3.05) is 6.54 Å². The molecule has 0 amide bonds. The molecule has 0 unspecified atom stereocenters. The maximum absolute atomic E-state index is 11.3. The largest absolute Gasteiger partial charge is 0.388 e. The minimum Gasteiger partial charge on any atom is -0.388 e. The van der Waals surface area contributed by atoms with Crippen LogP contribution in [0.15, 0.2) is 30.3 Å². The van der Waals surface area contributed by atoms with Crippen molar-refractivity contribution in [2.45, 2.75) is 69.1 Å². The molecule has 3 fully saturated rings. The van der Waals surface area contributed by atoms with Gasteiger partial charge in [-0.3, -0.25) is 4.90 Å². The number of hydrogen-bond donors (Lipinski definition) is 1. The van der Waals surface area contributed by atoms with Crippen LogP contribution in [0.1, 0.15) is 63.0 Å². The van der Waals surface area contributed by atoms with Gasteiger partial charge in [0.15, 0.2) is 0 Å². The first-order valence-corrected chi connectivity index (χ1v) is 8.81. The van der Waals surface area contributed by atoms with Crippen molar-refractivity contribution < 1.29 is 5.11 Å². The fourth-order valence-corrected chi connectivity index (χ4v) is 5.30. The van der Waals surface area contributed by atoms with Gasteiger partial charge in [0, 0.05) is 6.04 Å². The van der Waals surface area contributed by atoms with Gasteiger partial charge in [-0.05, 0) is 50.1 Å². The van der Waals surface area contributed by atoms with E-state index in [2.05, 4.69) is 35.2 Å². The number of fused-ring (bicyclic) bond motifs is 1. The molecule has 0 spiro atoms. The first-order chi connectivity index (χ1) is 10.3. The maximum Gasteiger partial charge on any atom is 0.0843 e. The number of aliphatic hydroxyl groups is 1. The fraction of sp³-hybridized carbons (Fsp3) is 0.684. The molecule has 0 aromatic heterocycles. The number of nitrogens with zero attached hydrogens (tertiary/aromatic N) is 1. The summed E-state index contributed by atoms with van der Waals surface area (Å²) in [6, 6.07) is 11.7. The lowest BCUT2D eigenvalue weighted by Gasteiger charge is -2.42. The van der Waals surface area contributed by atoms with Crippen molar-refractivity contribution in [3.05, 3.63) is 35.9 Å². The summed E-state index contributed by atoms with van der Waals surface area (Å²) >= 11 is 0. The van der Waals surface area contributed by atoms with Gasteiger partial charge in [-0.25, -0.2) is 0 Å². The third kappa shape index (κ3) is 2.33. The predicted molar refractivity (Wildman–Crippen MR) is 85.1 cm³/mol. The van der Waals surface area contributed by atoms with Gasteiger partial charge in [-0.1, -0.05) is 49.6 Å². The summed E-state index contributed by atoms with van der Waals surface area (Å²) in [5, 5.41) is 11.3. The van der Waals surface area contributed by atoms with E-state index in [0.717, 1.165) is 24.8 Å². The van der Waals surface area contributed by atoms with Gasteiger partial charge in [0.1, 0.15) is 0 Å². The number of likely N-dealkylation sites (tertiary alicyclic amines) is 1. The average molecular weight is 285 g/mol. The highest BCUT2D eigenvalue weighted by Crippen LogP contribution is 2.49. The lowest BCUT2D eigenvalue weighted by molar-refractivity contribution is -0.0508. The quantitative estimate of drug-likeness (QED) is 0.910. The van der Waals surface area contributed by atoms with Crippen LogP contribution in [-0.2, 0) is 0 Å². The second kappa shape index (κ2) is 5.40. The zero-order chi connectivity index (χ0) is 14.3. The van der Waals surface area contributed by atoms with E-state index >= 15 is 0 Å². The lowest BCUT2D eigenvalue weighted by atomic mass is 9.85. The highest BCUT2D eigenvalue weighted by molar-refractivity contribution is 5.24. The zero-order valence-electron chi connectivity index (χ0n) is 12.9. The van der Waals surface area contributed by atoms with Crippen LogP contribution in [-0.4, -0.2) is 28.2 Å². The van der Waals surface area contributed by atoms with Crippen LogP contribution < -0.4 is 0 Å². The van der Waals surface area contributed by atoms with Crippen LogP contribution in [0.3, 0.4) is 0 Å². The Morgan fingerprint density at radius 2 is 1.76 bits per heavy atom. The number of hydrogen-bond acceptors (Lipinski definition) is 2. The van der Waals surface area contributed by atoms with Crippen molar-refractivity contribution in [3.8, 4) is 0 Å². The minimum absolute atomic E-state index is 0.217. The van der Waals surface area contributed by atoms with E-state index in [1.54, 1.807) is 0 Å². The predicted octanol–water partition coefficient (Wildman–Crippen LogP) is 3.91. The van der Waals surface area contributed by atoms with Gasteiger partial charge in [-0.2, -0.15) is 0 Å². The molecule has 1 saturated heterocycles. The van der Waals surface area contributed by atoms with Crippen LogP contribution in [0.2, 0.25) is 0 Å². The average Bonchev–Trinajstić information content (AvgIpc) is 3.19. The molecule has 2 saturated carbocycles. The second-order valence-corrected chi connectivity index (χ2v) is 7.41. The number of benzene rings is 1. The van der Waals surface area contributed by atoms with Crippen molar-refractivity contribution >= 4 is 0 Å². The summed E-state index contributed by atoms with van der Waals surface area (Å²) in [5.41, 5.74) is 0.827. The van der Waals surface area contributed by atoms with Crippen LogP contribution in [0.4, 0.5) is 0 Å². The van der Waals surface area contributed by atoms with E-state index in [-0.39, 0.29) is 6.04 Å². The van der Waals surface area contributed by atoms with Crippen molar-refractivity contribution in [2.24, 2.45) is 5.92 Å². The molecule has 0 bridgehead atoms. The van der Waals surface area contributed by atoms with Crippen LogP contribution in [0.25, 0.3) is 0 Å². The van der Waals surface area contributed by atoms with E-state index < -0.39 is 5.60 Å². The summed E-state index contributed by atoms with van der Waals surface area (Å²) in [5.74, 6) is 0.890. The molecule has 2 heteroatoms. The van der Waals surface area contributed by atoms with Crippen molar-refractivity contribution in [3.63, 3.8) is 0 Å². The Hall–Kier alpha value is -0.860. The molecule has 1 aliphatic heterocycles. The summed E-state index contributed by atoms with van der Waals surface area (Å²) in [6.45, 7) is 1.18. The number of rotatable bonds is 3. The molecule has 21 heavy (non-hydrogen) atoms. The maximum atomic E-state index is 11.3. The van der Waals surface area contributed by atoms with E-state index in [1.165, 1.54) is 50.6 Å².